The largest absolute Gasteiger partial charge is 0.465 e. The van der Waals surface area contributed by atoms with E-state index in [0.29, 0.717) is 19.6 Å². The number of esters is 1. The predicted octanol–water partition coefficient (Wildman–Crippen LogP) is -0.335. The second kappa shape index (κ2) is 8.50. The van der Waals surface area contributed by atoms with E-state index < -0.39 is 0 Å². The SMILES string of the molecule is CCOC(=O)CNCCCC(=O)NC. The third kappa shape index (κ3) is 7.54. The fourth-order valence-corrected chi connectivity index (χ4v) is 0.901. The molecule has 0 heterocycles. The minimum Gasteiger partial charge on any atom is -0.465 e. The molecule has 0 unspecified atom stereocenters. The molecule has 82 valence electrons. The van der Waals surface area contributed by atoms with Crippen LogP contribution in [0.15, 0.2) is 0 Å². The van der Waals surface area contributed by atoms with Gasteiger partial charge in [0.2, 0.25) is 5.91 Å². The van der Waals surface area contributed by atoms with E-state index in [2.05, 4.69) is 10.6 Å². The van der Waals surface area contributed by atoms with Gasteiger partial charge < -0.3 is 15.4 Å². The van der Waals surface area contributed by atoms with Crippen molar-refractivity contribution in [1.82, 2.24) is 10.6 Å². The highest BCUT2D eigenvalue weighted by Gasteiger charge is 2.00. The molecule has 5 nitrogen and oxygen atoms in total. The summed E-state index contributed by atoms with van der Waals surface area (Å²) in [5.74, 6) is -0.240. The van der Waals surface area contributed by atoms with E-state index >= 15 is 0 Å². The molecule has 1 amide bonds. The van der Waals surface area contributed by atoms with Crippen LogP contribution in [0.5, 0.6) is 0 Å². The van der Waals surface area contributed by atoms with Crippen molar-refractivity contribution in [3.63, 3.8) is 0 Å². The van der Waals surface area contributed by atoms with Crippen molar-refractivity contribution < 1.29 is 14.3 Å². The zero-order chi connectivity index (χ0) is 10.8. The van der Waals surface area contributed by atoms with E-state index in [1.807, 2.05) is 0 Å². The maximum absolute atomic E-state index is 10.8. The lowest BCUT2D eigenvalue weighted by Gasteiger charge is -2.03. The van der Waals surface area contributed by atoms with Gasteiger partial charge in [0, 0.05) is 13.5 Å². The fraction of sp³-hybridized carbons (Fsp3) is 0.778. The van der Waals surface area contributed by atoms with Crippen molar-refractivity contribution >= 4 is 11.9 Å². The molecule has 0 aromatic carbocycles. The van der Waals surface area contributed by atoms with E-state index in [4.69, 9.17) is 4.74 Å². The Labute approximate surface area is 84.2 Å². The summed E-state index contributed by atoms with van der Waals surface area (Å²) in [6, 6.07) is 0. The molecule has 0 rings (SSSR count). The Kier molecular flexibility index (Phi) is 7.83. The molecule has 5 heteroatoms. The highest BCUT2D eigenvalue weighted by molar-refractivity contribution is 5.75. The van der Waals surface area contributed by atoms with Crippen LogP contribution in [-0.4, -0.2) is 38.6 Å². The van der Waals surface area contributed by atoms with Crippen LogP contribution in [0.2, 0.25) is 0 Å². The smallest absolute Gasteiger partial charge is 0.319 e. The third-order valence-corrected chi connectivity index (χ3v) is 1.61. The number of hydrogen-bond donors (Lipinski definition) is 2. The molecule has 0 aliphatic rings. The second-order valence-corrected chi connectivity index (χ2v) is 2.76. The number of carbonyl (C=O) groups excluding carboxylic acids is 2. The number of carbonyl (C=O) groups is 2. The standard InChI is InChI=1S/C9H18N2O3/c1-3-14-9(13)7-11-6-4-5-8(12)10-2/h11H,3-7H2,1-2H3,(H,10,12). The molecular weight excluding hydrogens is 184 g/mol. The lowest BCUT2D eigenvalue weighted by Crippen LogP contribution is -2.26. The molecule has 0 aromatic heterocycles. The highest BCUT2D eigenvalue weighted by Crippen LogP contribution is 1.85. The number of ether oxygens (including phenoxy) is 1. The molecule has 14 heavy (non-hydrogen) atoms. The van der Waals surface area contributed by atoms with Crippen molar-refractivity contribution in [3.05, 3.63) is 0 Å². The molecule has 0 saturated heterocycles. The molecule has 0 spiro atoms. The van der Waals surface area contributed by atoms with E-state index in [9.17, 15) is 9.59 Å². The third-order valence-electron chi connectivity index (χ3n) is 1.61. The maximum atomic E-state index is 10.8. The van der Waals surface area contributed by atoms with Crippen molar-refractivity contribution in [3.8, 4) is 0 Å². The van der Waals surface area contributed by atoms with Crippen LogP contribution >= 0.6 is 0 Å². The van der Waals surface area contributed by atoms with Gasteiger partial charge in [-0.05, 0) is 19.9 Å². The van der Waals surface area contributed by atoms with Crippen LogP contribution in [0.1, 0.15) is 19.8 Å². The summed E-state index contributed by atoms with van der Waals surface area (Å²) in [4.78, 5) is 21.6. The zero-order valence-corrected chi connectivity index (χ0v) is 8.76. The van der Waals surface area contributed by atoms with E-state index in [-0.39, 0.29) is 18.4 Å². The van der Waals surface area contributed by atoms with Gasteiger partial charge in [-0.3, -0.25) is 9.59 Å². The number of nitrogens with one attached hydrogen (secondary N) is 2. The Morgan fingerprint density at radius 3 is 2.64 bits per heavy atom. The van der Waals surface area contributed by atoms with Crippen LogP contribution in [0, 0.1) is 0 Å². The first-order valence-electron chi connectivity index (χ1n) is 4.77. The van der Waals surface area contributed by atoms with Gasteiger partial charge >= 0.3 is 5.97 Å². The average molecular weight is 202 g/mol. The summed E-state index contributed by atoms with van der Waals surface area (Å²) in [7, 11) is 1.61. The molecule has 2 N–H and O–H groups in total. The lowest BCUT2D eigenvalue weighted by molar-refractivity contribution is -0.141. The fourth-order valence-electron chi connectivity index (χ4n) is 0.901. The normalized spacial score (nSPS) is 9.57. The van der Waals surface area contributed by atoms with Gasteiger partial charge in [-0.2, -0.15) is 0 Å². The number of amides is 1. The summed E-state index contributed by atoms with van der Waals surface area (Å²) in [6.45, 7) is 3.02. The topological polar surface area (TPSA) is 67.4 Å². The van der Waals surface area contributed by atoms with Crippen molar-refractivity contribution in [2.75, 3.05) is 26.7 Å². The van der Waals surface area contributed by atoms with Crippen molar-refractivity contribution in [1.29, 1.82) is 0 Å². The summed E-state index contributed by atoms with van der Waals surface area (Å²) in [6.07, 6.45) is 1.20. The Hall–Kier alpha value is -1.10. The molecule has 0 aliphatic heterocycles. The van der Waals surface area contributed by atoms with Crippen LogP contribution < -0.4 is 10.6 Å². The van der Waals surface area contributed by atoms with Gasteiger partial charge in [0.05, 0.1) is 13.2 Å². The molecular formula is C9H18N2O3. The predicted molar refractivity (Wildman–Crippen MR) is 52.8 cm³/mol. The Morgan fingerprint density at radius 2 is 2.07 bits per heavy atom. The Morgan fingerprint density at radius 1 is 1.36 bits per heavy atom. The average Bonchev–Trinajstić information content (AvgIpc) is 2.17. The molecule has 0 bridgehead atoms. The maximum Gasteiger partial charge on any atom is 0.319 e. The van der Waals surface area contributed by atoms with Gasteiger partial charge in [-0.15, -0.1) is 0 Å². The summed E-state index contributed by atoms with van der Waals surface area (Å²) < 4.78 is 4.71. The van der Waals surface area contributed by atoms with Crippen LogP contribution in [0.25, 0.3) is 0 Å². The van der Waals surface area contributed by atoms with Gasteiger partial charge in [-0.1, -0.05) is 0 Å². The van der Waals surface area contributed by atoms with Gasteiger partial charge in [0.15, 0.2) is 0 Å². The molecule has 0 aliphatic carbocycles. The summed E-state index contributed by atoms with van der Waals surface area (Å²) in [5.41, 5.74) is 0. The molecule has 0 saturated carbocycles. The minimum atomic E-state index is -0.257. The van der Waals surface area contributed by atoms with Crippen molar-refractivity contribution in [2.45, 2.75) is 19.8 Å². The Bertz CT molecular complexity index is 183. The zero-order valence-electron chi connectivity index (χ0n) is 8.76. The monoisotopic (exact) mass is 202 g/mol. The highest BCUT2D eigenvalue weighted by atomic mass is 16.5. The molecule has 0 radical (unpaired) electrons. The quantitative estimate of drug-likeness (QED) is 0.438. The lowest BCUT2D eigenvalue weighted by atomic mass is 10.3. The Balaban J connectivity index is 3.21. The second-order valence-electron chi connectivity index (χ2n) is 2.76. The molecule has 0 aromatic rings. The van der Waals surface area contributed by atoms with Gasteiger partial charge in [0.25, 0.3) is 0 Å². The van der Waals surface area contributed by atoms with Crippen LogP contribution in [-0.2, 0) is 14.3 Å². The van der Waals surface area contributed by atoms with Gasteiger partial charge in [0.1, 0.15) is 0 Å². The van der Waals surface area contributed by atoms with E-state index in [0.717, 1.165) is 6.42 Å². The van der Waals surface area contributed by atoms with Crippen LogP contribution in [0.4, 0.5) is 0 Å². The van der Waals surface area contributed by atoms with Crippen LogP contribution in [0.3, 0.4) is 0 Å². The number of hydrogen-bond acceptors (Lipinski definition) is 4. The molecule has 0 atom stereocenters. The van der Waals surface area contributed by atoms with Gasteiger partial charge in [-0.25, -0.2) is 0 Å². The van der Waals surface area contributed by atoms with E-state index in [1.165, 1.54) is 0 Å². The first-order chi connectivity index (χ1) is 6.70. The first kappa shape index (κ1) is 12.9. The van der Waals surface area contributed by atoms with Crippen molar-refractivity contribution in [2.24, 2.45) is 0 Å². The molecule has 0 fully saturated rings. The summed E-state index contributed by atoms with van der Waals surface area (Å²) in [5, 5.41) is 5.42. The minimum absolute atomic E-state index is 0.0166. The first-order valence-corrected chi connectivity index (χ1v) is 4.77. The van der Waals surface area contributed by atoms with E-state index in [1.54, 1.807) is 14.0 Å². The number of rotatable bonds is 7. The summed E-state index contributed by atoms with van der Waals surface area (Å²) >= 11 is 0.